The molecule has 0 amide bonds. The number of hydrogen-bond donors (Lipinski definition) is 1. The first-order chi connectivity index (χ1) is 14.1. The van der Waals surface area contributed by atoms with E-state index in [0.29, 0.717) is 23.1 Å². The summed E-state index contributed by atoms with van der Waals surface area (Å²) in [6, 6.07) is 18.0. The lowest BCUT2D eigenvalue weighted by atomic mass is 10.1. The molecule has 3 heterocycles. The van der Waals surface area contributed by atoms with Gasteiger partial charge in [-0.1, -0.05) is 30.3 Å². The molecule has 146 valence electrons. The molecular formula is C22H22N6O. The molecule has 0 aliphatic rings. The number of aromatic nitrogens is 5. The van der Waals surface area contributed by atoms with Gasteiger partial charge in [0.25, 0.3) is 0 Å². The van der Waals surface area contributed by atoms with Crippen molar-refractivity contribution in [2.24, 2.45) is 0 Å². The molecule has 0 radical (unpaired) electrons. The smallest absolute Gasteiger partial charge is 0.238 e. The molecule has 1 aromatic carbocycles. The standard InChI is InChI=1S/C22H22N6O/c1-15-13-28(14-23-15)20-11-9-18(25-22(20)29-3)19-10-12-21(27-26-19)24-16(2)17-7-5-4-6-8-17/h4-14,16H,1-3H3,(H,24,27). The fourth-order valence-electron chi connectivity index (χ4n) is 3.07. The van der Waals surface area contributed by atoms with Gasteiger partial charge in [-0.05, 0) is 43.7 Å². The van der Waals surface area contributed by atoms with Crippen LogP contribution in [0.1, 0.15) is 24.2 Å². The molecule has 0 saturated carbocycles. The van der Waals surface area contributed by atoms with Crippen LogP contribution in [-0.4, -0.2) is 31.8 Å². The number of nitrogens with one attached hydrogen (secondary N) is 1. The SMILES string of the molecule is COc1nc(-c2ccc(NC(C)c3ccccc3)nn2)ccc1-n1cnc(C)c1. The number of ether oxygens (including phenoxy) is 1. The molecule has 4 aromatic rings. The highest BCUT2D eigenvalue weighted by Crippen LogP contribution is 2.25. The average Bonchev–Trinajstić information content (AvgIpc) is 3.20. The number of benzene rings is 1. The Bertz CT molecular complexity index is 1090. The number of rotatable bonds is 6. The Balaban J connectivity index is 1.54. The maximum Gasteiger partial charge on any atom is 0.238 e. The Morgan fingerprint density at radius 3 is 2.41 bits per heavy atom. The van der Waals surface area contributed by atoms with Crippen molar-refractivity contribution in [2.75, 3.05) is 12.4 Å². The van der Waals surface area contributed by atoms with E-state index in [4.69, 9.17) is 4.74 Å². The van der Waals surface area contributed by atoms with Gasteiger partial charge in [0.1, 0.15) is 17.2 Å². The van der Waals surface area contributed by atoms with Crippen LogP contribution in [0.4, 0.5) is 5.82 Å². The van der Waals surface area contributed by atoms with Crippen molar-refractivity contribution in [3.63, 3.8) is 0 Å². The summed E-state index contributed by atoms with van der Waals surface area (Å²) in [5, 5.41) is 12.0. The predicted octanol–water partition coefficient (Wildman–Crippen LogP) is 4.21. The molecule has 0 spiro atoms. The Hall–Kier alpha value is -3.74. The van der Waals surface area contributed by atoms with Crippen LogP contribution >= 0.6 is 0 Å². The summed E-state index contributed by atoms with van der Waals surface area (Å²) >= 11 is 0. The minimum absolute atomic E-state index is 0.132. The van der Waals surface area contributed by atoms with Gasteiger partial charge >= 0.3 is 0 Å². The summed E-state index contributed by atoms with van der Waals surface area (Å²) in [7, 11) is 1.60. The molecule has 0 aliphatic carbocycles. The van der Waals surface area contributed by atoms with Crippen molar-refractivity contribution in [1.29, 1.82) is 0 Å². The van der Waals surface area contributed by atoms with Gasteiger partial charge in [-0.2, -0.15) is 0 Å². The number of nitrogens with zero attached hydrogens (tertiary/aromatic N) is 5. The molecule has 0 saturated heterocycles. The van der Waals surface area contributed by atoms with Gasteiger partial charge in [-0.3, -0.25) is 0 Å². The summed E-state index contributed by atoms with van der Waals surface area (Å²) in [5.74, 6) is 1.21. The minimum Gasteiger partial charge on any atom is -0.479 e. The minimum atomic E-state index is 0.132. The molecule has 1 N–H and O–H groups in total. The molecule has 29 heavy (non-hydrogen) atoms. The van der Waals surface area contributed by atoms with E-state index < -0.39 is 0 Å². The normalized spacial score (nSPS) is 11.8. The molecule has 4 rings (SSSR count). The van der Waals surface area contributed by atoms with Crippen molar-refractivity contribution < 1.29 is 4.74 Å². The van der Waals surface area contributed by atoms with Crippen LogP contribution < -0.4 is 10.1 Å². The molecule has 7 heteroatoms. The fourth-order valence-corrected chi connectivity index (χ4v) is 3.07. The van der Waals surface area contributed by atoms with Gasteiger partial charge < -0.3 is 14.6 Å². The number of anilines is 1. The summed E-state index contributed by atoms with van der Waals surface area (Å²) in [6.45, 7) is 4.03. The van der Waals surface area contributed by atoms with Crippen LogP contribution in [0, 0.1) is 6.92 Å². The molecular weight excluding hydrogens is 364 g/mol. The van der Waals surface area contributed by atoms with E-state index in [1.54, 1.807) is 13.4 Å². The summed E-state index contributed by atoms with van der Waals surface area (Å²) < 4.78 is 7.36. The molecule has 0 fully saturated rings. The lowest BCUT2D eigenvalue weighted by molar-refractivity contribution is 0.396. The maximum absolute atomic E-state index is 5.48. The second kappa shape index (κ2) is 8.10. The summed E-state index contributed by atoms with van der Waals surface area (Å²) in [5.41, 5.74) is 4.30. The molecule has 0 aliphatic heterocycles. The highest BCUT2D eigenvalue weighted by molar-refractivity contribution is 5.59. The fraction of sp³-hybridized carbons (Fsp3) is 0.182. The van der Waals surface area contributed by atoms with Gasteiger partial charge in [0, 0.05) is 12.2 Å². The van der Waals surface area contributed by atoms with Crippen molar-refractivity contribution in [2.45, 2.75) is 19.9 Å². The largest absolute Gasteiger partial charge is 0.479 e. The third-order valence-electron chi connectivity index (χ3n) is 4.61. The van der Waals surface area contributed by atoms with E-state index in [-0.39, 0.29) is 6.04 Å². The zero-order valence-electron chi connectivity index (χ0n) is 16.6. The zero-order valence-corrected chi connectivity index (χ0v) is 16.6. The number of hydrogen-bond acceptors (Lipinski definition) is 6. The lowest BCUT2D eigenvalue weighted by Crippen LogP contribution is -2.08. The van der Waals surface area contributed by atoms with E-state index in [1.165, 1.54) is 5.56 Å². The van der Waals surface area contributed by atoms with E-state index in [1.807, 2.05) is 60.2 Å². The third kappa shape index (κ3) is 4.08. The van der Waals surface area contributed by atoms with Crippen molar-refractivity contribution >= 4 is 5.82 Å². The molecule has 0 bridgehead atoms. The Labute approximate surface area is 169 Å². The van der Waals surface area contributed by atoms with Crippen LogP contribution in [0.5, 0.6) is 5.88 Å². The number of aryl methyl sites for hydroxylation is 1. The van der Waals surface area contributed by atoms with Crippen LogP contribution in [0.3, 0.4) is 0 Å². The van der Waals surface area contributed by atoms with E-state index in [9.17, 15) is 0 Å². The van der Waals surface area contributed by atoms with E-state index in [2.05, 4.69) is 44.5 Å². The third-order valence-corrected chi connectivity index (χ3v) is 4.61. The topological polar surface area (TPSA) is 77.8 Å². The Kier molecular flexibility index (Phi) is 5.20. The highest BCUT2D eigenvalue weighted by Gasteiger charge is 2.12. The molecule has 1 unspecified atom stereocenters. The maximum atomic E-state index is 5.48. The first-order valence-electron chi connectivity index (χ1n) is 9.35. The monoisotopic (exact) mass is 386 g/mol. The van der Waals surface area contributed by atoms with Gasteiger partial charge in [0.15, 0.2) is 0 Å². The average molecular weight is 386 g/mol. The van der Waals surface area contributed by atoms with Crippen LogP contribution in [0.15, 0.2) is 67.1 Å². The number of methoxy groups -OCH3 is 1. The summed E-state index contributed by atoms with van der Waals surface area (Å²) in [4.78, 5) is 8.85. The van der Waals surface area contributed by atoms with Gasteiger partial charge in [-0.15, -0.1) is 10.2 Å². The second-order valence-electron chi connectivity index (χ2n) is 6.73. The molecule has 3 aromatic heterocycles. The van der Waals surface area contributed by atoms with Crippen molar-refractivity contribution in [3.05, 3.63) is 78.4 Å². The molecule has 7 nitrogen and oxygen atoms in total. The van der Waals surface area contributed by atoms with Gasteiger partial charge in [0.2, 0.25) is 5.88 Å². The van der Waals surface area contributed by atoms with Crippen molar-refractivity contribution in [1.82, 2.24) is 24.7 Å². The Morgan fingerprint density at radius 2 is 1.76 bits per heavy atom. The van der Waals surface area contributed by atoms with Crippen LogP contribution in [0.25, 0.3) is 17.1 Å². The first kappa shape index (κ1) is 18.6. The highest BCUT2D eigenvalue weighted by atomic mass is 16.5. The van der Waals surface area contributed by atoms with E-state index >= 15 is 0 Å². The predicted molar refractivity (Wildman–Crippen MR) is 112 cm³/mol. The summed E-state index contributed by atoms with van der Waals surface area (Å²) in [6.07, 6.45) is 3.66. The van der Waals surface area contributed by atoms with Crippen molar-refractivity contribution in [3.8, 4) is 23.0 Å². The van der Waals surface area contributed by atoms with Crippen LogP contribution in [-0.2, 0) is 0 Å². The van der Waals surface area contributed by atoms with Gasteiger partial charge in [-0.25, -0.2) is 9.97 Å². The lowest BCUT2D eigenvalue weighted by Gasteiger charge is -2.14. The van der Waals surface area contributed by atoms with Gasteiger partial charge in [0.05, 0.1) is 24.8 Å². The number of imidazole rings is 1. The van der Waals surface area contributed by atoms with Crippen LogP contribution in [0.2, 0.25) is 0 Å². The Morgan fingerprint density at radius 1 is 0.966 bits per heavy atom. The zero-order chi connectivity index (χ0) is 20.2. The molecule has 1 atom stereocenters. The number of pyridine rings is 1. The second-order valence-corrected chi connectivity index (χ2v) is 6.73. The van der Waals surface area contributed by atoms with E-state index in [0.717, 1.165) is 11.4 Å². The quantitative estimate of drug-likeness (QED) is 0.535. The first-order valence-corrected chi connectivity index (χ1v) is 9.35.